The van der Waals surface area contributed by atoms with Crippen molar-refractivity contribution in [1.82, 2.24) is 9.88 Å². The van der Waals surface area contributed by atoms with Crippen molar-refractivity contribution in [2.75, 3.05) is 36.4 Å². The number of amides is 1. The Morgan fingerprint density at radius 2 is 1.81 bits per heavy atom. The van der Waals surface area contributed by atoms with Gasteiger partial charge < -0.3 is 14.6 Å². The van der Waals surface area contributed by atoms with Crippen LogP contribution in [0, 0.1) is 0 Å². The molecule has 1 saturated heterocycles. The molecule has 1 N–H and O–H groups in total. The number of aryl methyl sites for hydroxylation is 1. The molecule has 1 unspecified atom stereocenters. The van der Waals surface area contributed by atoms with Crippen molar-refractivity contribution in [2.24, 2.45) is 0 Å². The van der Waals surface area contributed by atoms with Crippen LogP contribution >= 0.6 is 11.3 Å². The SMILES string of the molecule is O=C(Nc1sc2c(c1C(c1cccnc1)N1CCN(c3ccccc3)CC1)CCCC2)c1ccco1. The number of anilines is 2. The molecule has 0 radical (unpaired) electrons. The van der Waals surface area contributed by atoms with Crippen molar-refractivity contribution in [3.8, 4) is 0 Å². The molecule has 6 rings (SSSR count). The van der Waals surface area contributed by atoms with Gasteiger partial charge in [-0.25, -0.2) is 0 Å². The molecule has 4 heterocycles. The Balaban J connectivity index is 1.36. The number of carbonyl (C=O) groups is 1. The number of piperazine rings is 1. The number of nitrogens with zero attached hydrogens (tertiary/aromatic N) is 3. The van der Waals surface area contributed by atoms with Gasteiger partial charge in [0.2, 0.25) is 0 Å². The van der Waals surface area contributed by atoms with Crippen molar-refractivity contribution in [3.63, 3.8) is 0 Å². The van der Waals surface area contributed by atoms with Crippen LogP contribution in [0.3, 0.4) is 0 Å². The minimum absolute atomic E-state index is 0.0432. The summed E-state index contributed by atoms with van der Waals surface area (Å²) in [6.45, 7) is 3.79. The third-order valence-corrected chi connectivity index (χ3v) is 8.48. The fourth-order valence-electron chi connectivity index (χ4n) is 5.52. The van der Waals surface area contributed by atoms with Crippen molar-refractivity contribution in [1.29, 1.82) is 0 Å². The minimum Gasteiger partial charge on any atom is -0.459 e. The molecule has 7 heteroatoms. The van der Waals surface area contributed by atoms with Gasteiger partial charge in [-0.15, -0.1) is 11.3 Å². The summed E-state index contributed by atoms with van der Waals surface area (Å²) in [5, 5.41) is 4.17. The van der Waals surface area contributed by atoms with E-state index in [1.54, 1.807) is 29.7 Å². The lowest BCUT2D eigenvalue weighted by Gasteiger charge is -2.41. The Morgan fingerprint density at radius 1 is 0.972 bits per heavy atom. The van der Waals surface area contributed by atoms with Crippen LogP contribution in [-0.2, 0) is 12.8 Å². The summed E-state index contributed by atoms with van der Waals surface area (Å²) in [6, 6.07) is 18.3. The molecule has 2 aliphatic rings. The Bertz CT molecular complexity index is 1300. The van der Waals surface area contributed by atoms with Crippen molar-refractivity contribution in [3.05, 3.63) is 101 Å². The first-order valence-electron chi connectivity index (χ1n) is 12.7. The van der Waals surface area contributed by atoms with E-state index in [9.17, 15) is 4.79 Å². The topological polar surface area (TPSA) is 61.6 Å². The molecule has 1 atom stereocenters. The van der Waals surface area contributed by atoms with E-state index in [-0.39, 0.29) is 11.9 Å². The van der Waals surface area contributed by atoms with Crippen molar-refractivity contribution < 1.29 is 9.21 Å². The van der Waals surface area contributed by atoms with Gasteiger partial charge in [-0.05, 0) is 67.1 Å². The molecule has 1 aromatic carbocycles. The van der Waals surface area contributed by atoms with E-state index < -0.39 is 0 Å². The number of aromatic nitrogens is 1. The standard InChI is InChI=1S/C29H30N4O2S/c34-28(24-12-7-19-35-24)31-29-26(23-11-4-5-13-25(23)36-29)27(21-8-6-14-30-20-21)33-17-15-32(16-18-33)22-9-2-1-3-10-22/h1-3,6-10,12,14,19-20,27H,4-5,11,13,15-18H2,(H,31,34). The highest BCUT2D eigenvalue weighted by molar-refractivity contribution is 7.16. The van der Waals surface area contributed by atoms with Crippen LogP contribution in [0.2, 0.25) is 0 Å². The molecule has 1 amide bonds. The summed E-state index contributed by atoms with van der Waals surface area (Å²) in [7, 11) is 0. The monoisotopic (exact) mass is 498 g/mol. The number of para-hydroxylation sites is 1. The quantitative estimate of drug-likeness (QED) is 0.365. The van der Waals surface area contributed by atoms with E-state index in [2.05, 4.69) is 56.5 Å². The second-order valence-corrected chi connectivity index (χ2v) is 10.5. The number of carbonyl (C=O) groups excluding carboxylic acids is 1. The smallest absolute Gasteiger partial charge is 0.291 e. The number of fused-ring (bicyclic) bond motifs is 1. The zero-order chi connectivity index (χ0) is 24.3. The summed E-state index contributed by atoms with van der Waals surface area (Å²) in [5.41, 5.74) is 5.11. The van der Waals surface area contributed by atoms with E-state index >= 15 is 0 Å². The predicted octanol–water partition coefficient (Wildman–Crippen LogP) is 5.78. The number of rotatable bonds is 6. The van der Waals surface area contributed by atoms with Crippen molar-refractivity contribution >= 4 is 27.9 Å². The van der Waals surface area contributed by atoms with Crippen LogP contribution in [0.1, 0.15) is 51.0 Å². The number of benzene rings is 1. The molecular formula is C29H30N4O2S. The lowest BCUT2D eigenvalue weighted by molar-refractivity contribution is 0.0996. The highest BCUT2D eigenvalue weighted by atomic mass is 32.1. The Hall–Kier alpha value is -3.42. The zero-order valence-corrected chi connectivity index (χ0v) is 21.0. The maximum atomic E-state index is 13.0. The first-order chi connectivity index (χ1) is 17.8. The molecule has 1 aliphatic carbocycles. The minimum atomic E-state index is -0.196. The summed E-state index contributed by atoms with van der Waals surface area (Å²) in [6.07, 6.45) is 9.87. The van der Waals surface area contributed by atoms with Crippen LogP contribution in [0.4, 0.5) is 10.7 Å². The molecule has 4 aromatic rings. The van der Waals surface area contributed by atoms with E-state index in [0.717, 1.165) is 44.0 Å². The zero-order valence-electron chi connectivity index (χ0n) is 20.2. The normalized spacial score (nSPS) is 16.9. The number of pyridine rings is 1. The highest BCUT2D eigenvalue weighted by Gasteiger charge is 2.34. The number of hydrogen-bond acceptors (Lipinski definition) is 6. The summed E-state index contributed by atoms with van der Waals surface area (Å²) < 4.78 is 5.39. The van der Waals surface area contributed by atoms with E-state index in [0.29, 0.717) is 5.76 Å². The van der Waals surface area contributed by atoms with Gasteiger partial charge in [0, 0.05) is 54.7 Å². The molecular weight excluding hydrogens is 468 g/mol. The molecule has 36 heavy (non-hydrogen) atoms. The third-order valence-electron chi connectivity index (χ3n) is 7.26. The van der Waals surface area contributed by atoms with Gasteiger partial charge in [-0.1, -0.05) is 24.3 Å². The van der Waals surface area contributed by atoms with Crippen LogP contribution in [0.5, 0.6) is 0 Å². The van der Waals surface area contributed by atoms with Crippen LogP contribution < -0.4 is 10.2 Å². The number of thiophene rings is 1. The molecule has 184 valence electrons. The number of nitrogens with one attached hydrogen (secondary N) is 1. The second kappa shape index (κ2) is 10.3. The van der Waals surface area contributed by atoms with Crippen LogP contribution in [-0.4, -0.2) is 42.0 Å². The van der Waals surface area contributed by atoms with Gasteiger partial charge in [0.1, 0.15) is 5.00 Å². The van der Waals surface area contributed by atoms with Crippen LogP contribution in [0.25, 0.3) is 0 Å². The van der Waals surface area contributed by atoms with Gasteiger partial charge in [-0.2, -0.15) is 0 Å². The lowest BCUT2D eigenvalue weighted by Crippen LogP contribution is -2.48. The highest BCUT2D eigenvalue weighted by Crippen LogP contribution is 2.45. The molecule has 3 aromatic heterocycles. The molecule has 1 fully saturated rings. The van der Waals surface area contributed by atoms with Gasteiger partial charge in [-0.3, -0.25) is 14.7 Å². The molecule has 6 nitrogen and oxygen atoms in total. The summed E-state index contributed by atoms with van der Waals surface area (Å²) in [4.78, 5) is 24.0. The third kappa shape index (κ3) is 4.56. The molecule has 0 spiro atoms. The van der Waals surface area contributed by atoms with E-state index in [1.165, 1.54) is 40.1 Å². The average molecular weight is 499 g/mol. The molecule has 1 aliphatic heterocycles. The first kappa shape index (κ1) is 23.0. The van der Waals surface area contributed by atoms with Gasteiger partial charge in [0.15, 0.2) is 5.76 Å². The fraction of sp³-hybridized carbons (Fsp3) is 0.310. The average Bonchev–Trinajstić information content (AvgIpc) is 3.60. The second-order valence-electron chi connectivity index (χ2n) is 9.43. The molecule has 0 saturated carbocycles. The maximum Gasteiger partial charge on any atom is 0.291 e. The Labute approximate surface area is 215 Å². The van der Waals surface area contributed by atoms with Gasteiger partial charge in [0.25, 0.3) is 5.91 Å². The Morgan fingerprint density at radius 3 is 2.56 bits per heavy atom. The fourth-order valence-corrected chi connectivity index (χ4v) is 6.84. The lowest BCUT2D eigenvalue weighted by atomic mass is 9.89. The van der Waals surface area contributed by atoms with Crippen LogP contribution in [0.15, 0.2) is 77.7 Å². The first-order valence-corrected chi connectivity index (χ1v) is 13.5. The Kier molecular flexibility index (Phi) is 6.57. The van der Waals surface area contributed by atoms with Gasteiger partial charge in [0.05, 0.1) is 12.3 Å². The number of hydrogen-bond donors (Lipinski definition) is 1. The number of furan rings is 1. The maximum absolute atomic E-state index is 13.0. The summed E-state index contributed by atoms with van der Waals surface area (Å²) >= 11 is 1.74. The molecule has 0 bridgehead atoms. The van der Waals surface area contributed by atoms with E-state index in [1.807, 2.05) is 18.5 Å². The van der Waals surface area contributed by atoms with Gasteiger partial charge >= 0.3 is 0 Å². The van der Waals surface area contributed by atoms with Crippen molar-refractivity contribution in [2.45, 2.75) is 31.7 Å². The summed E-state index contributed by atoms with van der Waals surface area (Å²) in [5.74, 6) is 0.139. The predicted molar refractivity (Wildman–Crippen MR) is 144 cm³/mol. The van der Waals surface area contributed by atoms with E-state index in [4.69, 9.17) is 4.42 Å². The largest absolute Gasteiger partial charge is 0.459 e.